The lowest BCUT2D eigenvalue weighted by molar-refractivity contribution is -0.123. The van der Waals surface area contributed by atoms with Gasteiger partial charge in [0.2, 0.25) is 5.91 Å². The summed E-state index contributed by atoms with van der Waals surface area (Å²) in [6, 6.07) is 0.274. The molecule has 0 rings (SSSR count). The highest BCUT2D eigenvalue weighted by Crippen LogP contribution is 2.01. The van der Waals surface area contributed by atoms with E-state index in [1.165, 1.54) is 0 Å². The molecule has 1 amide bonds. The van der Waals surface area contributed by atoms with Gasteiger partial charge in [-0.25, -0.2) is 0 Å². The van der Waals surface area contributed by atoms with Crippen molar-refractivity contribution in [3.05, 3.63) is 0 Å². The van der Waals surface area contributed by atoms with E-state index in [4.69, 9.17) is 0 Å². The SMILES string of the molecule is CCCCNC(=O)C(C)NC(C)C(C)C. The molecule has 0 aromatic carbocycles. The predicted molar refractivity (Wildman–Crippen MR) is 64.8 cm³/mol. The summed E-state index contributed by atoms with van der Waals surface area (Å²) in [6.45, 7) is 11.2. The molecule has 0 bridgehead atoms. The number of carbonyl (C=O) groups is 1. The van der Waals surface area contributed by atoms with Crippen molar-refractivity contribution in [2.24, 2.45) is 5.92 Å². The minimum Gasteiger partial charge on any atom is -0.355 e. The molecule has 0 heterocycles. The minimum atomic E-state index is -0.0979. The fraction of sp³-hybridized carbons (Fsp3) is 0.917. The van der Waals surface area contributed by atoms with E-state index in [0.717, 1.165) is 19.4 Å². The molecule has 0 aromatic heterocycles. The summed E-state index contributed by atoms with van der Waals surface area (Å²) in [5.41, 5.74) is 0. The predicted octanol–water partition coefficient (Wildman–Crippen LogP) is 1.93. The van der Waals surface area contributed by atoms with E-state index >= 15 is 0 Å². The molecule has 2 N–H and O–H groups in total. The lowest BCUT2D eigenvalue weighted by Gasteiger charge is -2.22. The van der Waals surface area contributed by atoms with Gasteiger partial charge in [-0.05, 0) is 26.2 Å². The van der Waals surface area contributed by atoms with Gasteiger partial charge in [0.05, 0.1) is 6.04 Å². The van der Waals surface area contributed by atoms with Crippen molar-refractivity contribution in [1.82, 2.24) is 10.6 Å². The van der Waals surface area contributed by atoms with E-state index in [9.17, 15) is 4.79 Å². The van der Waals surface area contributed by atoms with Gasteiger partial charge in [-0.15, -0.1) is 0 Å². The zero-order chi connectivity index (χ0) is 11.8. The summed E-state index contributed by atoms with van der Waals surface area (Å²) in [7, 11) is 0. The van der Waals surface area contributed by atoms with Crippen LogP contribution in [0.2, 0.25) is 0 Å². The van der Waals surface area contributed by atoms with Gasteiger partial charge in [-0.1, -0.05) is 27.2 Å². The van der Waals surface area contributed by atoms with Crippen LogP contribution in [0.5, 0.6) is 0 Å². The molecular weight excluding hydrogens is 188 g/mol. The second-order valence-electron chi connectivity index (χ2n) is 4.57. The van der Waals surface area contributed by atoms with E-state index in [-0.39, 0.29) is 11.9 Å². The van der Waals surface area contributed by atoms with Crippen molar-refractivity contribution in [1.29, 1.82) is 0 Å². The number of amides is 1. The van der Waals surface area contributed by atoms with Crippen LogP contribution in [0.1, 0.15) is 47.5 Å². The standard InChI is InChI=1S/C12H26N2O/c1-6-7-8-13-12(15)11(5)14-10(4)9(2)3/h9-11,14H,6-8H2,1-5H3,(H,13,15). The van der Waals surface area contributed by atoms with Gasteiger partial charge >= 0.3 is 0 Å². The third kappa shape index (κ3) is 6.50. The molecular formula is C12H26N2O. The normalized spacial score (nSPS) is 15.1. The number of hydrogen-bond acceptors (Lipinski definition) is 2. The van der Waals surface area contributed by atoms with Crippen molar-refractivity contribution in [2.45, 2.75) is 59.5 Å². The second-order valence-corrected chi connectivity index (χ2v) is 4.57. The highest BCUT2D eigenvalue weighted by Gasteiger charge is 2.16. The summed E-state index contributed by atoms with van der Waals surface area (Å²) >= 11 is 0. The van der Waals surface area contributed by atoms with Crippen LogP contribution in [0.4, 0.5) is 0 Å². The van der Waals surface area contributed by atoms with Crippen molar-refractivity contribution in [3.8, 4) is 0 Å². The smallest absolute Gasteiger partial charge is 0.236 e. The third-order valence-corrected chi connectivity index (χ3v) is 2.74. The van der Waals surface area contributed by atoms with Crippen LogP contribution in [-0.2, 0) is 4.79 Å². The van der Waals surface area contributed by atoms with Crippen molar-refractivity contribution < 1.29 is 4.79 Å². The molecule has 0 saturated heterocycles. The Balaban J connectivity index is 3.78. The number of nitrogens with one attached hydrogen (secondary N) is 2. The van der Waals surface area contributed by atoms with Crippen LogP contribution in [0.25, 0.3) is 0 Å². The molecule has 0 fully saturated rings. The molecule has 2 atom stereocenters. The number of hydrogen-bond donors (Lipinski definition) is 2. The summed E-state index contributed by atoms with van der Waals surface area (Å²) in [5.74, 6) is 0.659. The van der Waals surface area contributed by atoms with Gasteiger partial charge in [-0.3, -0.25) is 4.79 Å². The first kappa shape index (κ1) is 14.4. The third-order valence-electron chi connectivity index (χ3n) is 2.74. The van der Waals surface area contributed by atoms with E-state index in [1.807, 2.05) is 6.92 Å². The van der Waals surface area contributed by atoms with Gasteiger partial charge in [0.25, 0.3) is 0 Å². The van der Waals surface area contributed by atoms with E-state index in [2.05, 4.69) is 38.3 Å². The highest BCUT2D eigenvalue weighted by molar-refractivity contribution is 5.81. The van der Waals surface area contributed by atoms with Crippen LogP contribution >= 0.6 is 0 Å². The minimum absolute atomic E-state index is 0.0979. The van der Waals surface area contributed by atoms with Crippen LogP contribution in [0.3, 0.4) is 0 Å². The van der Waals surface area contributed by atoms with Gasteiger partial charge in [0.1, 0.15) is 0 Å². The Morgan fingerprint density at radius 2 is 1.80 bits per heavy atom. The first-order valence-electron chi connectivity index (χ1n) is 6.02. The Kier molecular flexibility index (Phi) is 7.39. The Labute approximate surface area is 94.0 Å². The Morgan fingerprint density at radius 1 is 1.20 bits per heavy atom. The summed E-state index contributed by atoms with van der Waals surface area (Å²) < 4.78 is 0. The maximum atomic E-state index is 11.6. The van der Waals surface area contributed by atoms with Gasteiger partial charge in [-0.2, -0.15) is 0 Å². The number of unbranched alkanes of at least 4 members (excludes halogenated alkanes) is 1. The van der Waals surface area contributed by atoms with Crippen molar-refractivity contribution in [2.75, 3.05) is 6.54 Å². The topological polar surface area (TPSA) is 41.1 Å². The first-order valence-corrected chi connectivity index (χ1v) is 6.02. The van der Waals surface area contributed by atoms with E-state index in [1.54, 1.807) is 0 Å². The molecule has 15 heavy (non-hydrogen) atoms. The van der Waals surface area contributed by atoms with Gasteiger partial charge in [0.15, 0.2) is 0 Å². The quantitative estimate of drug-likeness (QED) is 0.636. The zero-order valence-corrected chi connectivity index (χ0v) is 10.8. The van der Waals surface area contributed by atoms with Gasteiger partial charge in [0, 0.05) is 12.6 Å². The first-order chi connectivity index (χ1) is 6.99. The van der Waals surface area contributed by atoms with Crippen LogP contribution in [-0.4, -0.2) is 24.5 Å². The zero-order valence-electron chi connectivity index (χ0n) is 10.8. The molecule has 0 aromatic rings. The average molecular weight is 214 g/mol. The van der Waals surface area contributed by atoms with E-state index in [0.29, 0.717) is 12.0 Å². The summed E-state index contributed by atoms with van der Waals surface area (Å²) in [4.78, 5) is 11.6. The average Bonchev–Trinajstić information content (AvgIpc) is 2.17. The maximum Gasteiger partial charge on any atom is 0.236 e. The molecule has 0 saturated carbocycles. The van der Waals surface area contributed by atoms with Crippen molar-refractivity contribution in [3.63, 3.8) is 0 Å². The Bertz CT molecular complexity index is 180. The van der Waals surface area contributed by atoms with Crippen LogP contribution in [0, 0.1) is 5.92 Å². The molecule has 0 aliphatic carbocycles. The monoisotopic (exact) mass is 214 g/mol. The molecule has 0 aliphatic heterocycles. The lowest BCUT2D eigenvalue weighted by atomic mass is 10.1. The number of carbonyl (C=O) groups excluding carboxylic acids is 1. The van der Waals surface area contributed by atoms with E-state index < -0.39 is 0 Å². The highest BCUT2D eigenvalue weighted by atomic mass is 16.2. The Morgan fingerprint density at radius 3 is 2.27 bits per heavy atom. The Hall–Kier alpha value is -0.570. The van der Waals surface area contributed by atoms with Crippen LogP contribution in [0.15, 0.2) is 0 Å². The second kappa shape index (κ2) is 7.69. The molecule has 2 unspecified atom stereocenters. The largest absolute Gasteiger partial charge is 0.355 e. The van der Waals surface area contributed by atoms with Crippen molar-refractivity contribution >= 4 is 5.91 Å². The number of rotatable bonds is 7. The molecule has 0 aliphatic rings. The molecule has 90 valence electrons. The summed E-state index contributed by atoms with van der Waals surface area (Å²) in [6.07, 6.45) is 2.17. The summed E-state index contributed by atoms with van der Waals surface area (Å²) in [5, 5.41) is 6.22. The fourth-order valence-electron chi connectivity index (χ4n) is 1.20. The molecule has 3 nitrogen and oxygen atoms in total. The maximum absolute atomic E-state index is 11.6. The lowest BCUT2D eigenvalue weighted by Crippen LogP contribution is -2.47. The fourth-order valence-corrected chi connectivity index (χ4v) is 1.20. The molecule has 0 radical (unpaired) electrons. The molecule has 3 heteroatoms. The molecule has 0 spiro atoms. The van der Waals surface area contributed by atoms with Gasteiger partial charge < -0.3 is 10.6 Å². The van der Waals surface area contributed by atoms with Crippen LogP contribution < -0.4 is 10.6 Å².